The smallest absolute Gasteiger partial charge is 0.128 e. The van der Waals surface area contributed by atoms with E-state index >= 15 is 0 Å². The molecule has 2 rings (SSSR count). The quantitative estimate of drug-likeness (QED) is 0.741. The van der Waals surface area contributed by atoms with Crippen molar-refractivity contribution < 1.29 is 4.74 Å². The van der Waals surface area contributed by atoms with Crippen LogP contribution in [0.2, 0.25) is 0 Å². The lowest BCUT2D eigenvalue weighted by Gasteiger charge is -2.28. The van der Waals surface area contributed by atoms with Crippen molar-refractivity contribution in [2.45, 2.75) is 52.0 Å². The fourth-order valence-electron chi connectivity index (χ4n) is 2.68. The molecule has 0 spiro atoms. The van der Waals surface area contributed by atoms with Crippen molar-refractivity contribution in [1.29, 1.82) is 0 Å². The molecule has 2 heterocycles. The van der Waals surface area contributed by atoms with E-state index in [-0.39, 0.29) is 0 Å². The second-order valence-electron chi connectivity index (χ2n) is 5.90. The van der Waals surface area contributed by atoms with Crippen LogP contribution in [0, 0.1) is 0 Å². The van der Waals surface area contributed by atoms with Crippen LogP contribution in [0.4, 0.5) is 11.5 Å². The summed E-state index contributed by atoms with van der Waals surface area (Å²) in [6, 6.07) is 4.76. The predicted molar refractivity (Wildman–Crippen MR) is 89.1 cm³/mol. The van der Waals surface area contributed by atoms with Crippen LogP contribution in [0.15, 0.2) is 18.3 Å². The summed E-state index contributed by atoms with van der Waals surface area (Å²) in [5, 5.41) is 3.54. The van der Waals surface area contributed by atoms with E-state index < -0.39 is 0 Å². The summed E-state index contributed by atoms with van der Waals surface area (Å²) >= 11 is 0. The van der Waals surface area contributed by atoms with E-state index in [0.29, 0.717) is 6.04 Å². The Morgan fingerprint density at radius 3 is 2.71 bits per heavy atom. The first-order chi connectivity index (χ1) is 10.3. The van der Waals surface area contributed by atoms with Crippen molar-refractivity contribution in [1.82, 2.24) is 4.98 Å². The van der Waals surface area contributed by atoms with Crippen LogP contribution in [0.3, 0.4) is 0 Å². The van der Waals surface area contributed by atoms with Gasteiger partial charge in [-0.3, -0.25) is 0 Å². The molecular weight excluding hydrogens is 262 g/mol. The zero-order valence-corrected chi connectivity index (χ0v) is 13.5. The van der Waals surface area contributed by atoms with Crippen LogP contribution in [0.25, 0.3) is 0 Å². The maximum atomic E-state index is 5.37. The Morgan fingerprint density at radius 2 is 2.05 bits per heavy atom. The van der Waals surface area contributed by atoms with E-state index in [1.54, 1.807) is 0 Å². The lowest BCUT2D eigenvalue weighted by Crippen LogP contribution is -2.36. The first-order valence-electron chi connectivity index (χ1n) is 8.35. The van der Waals surface area contributed by atoms with E-state index in [4.69, 9.17) is 4.74 Å². The molecule has 1 unspecified atom stereocenters. The number of ether oxygens (including phenoxy) is 1. The largest absolute Gasteiger partial charge is 0.381 e. The van der Waals surface area contributed by atoms with Gasteiger partial charge in [0.2, 0.25) is 0 Å². The Labute approximate surface area is 128 Å². The molecule has 1 fully saturated rings. The summed E-state index contributed by atoms with van der Waals surface area (Å²) in [5.41, 5.74) is 1.12. The van der Waals surface area contributed by atoms with Gasteiger partial charge in [-0.2, -0.15) is 0 Å². The summed E-state index contributed by atoms with van der Waals surface area (Å²) in [4.78, 5) is 6.85. The summed E-state index contributed by atoms with van der Waals surface area (Å²) in [5.74, 6) is 1.06. The average molecular weight is 291 g/mol. The Morgan fingerprint density at radius 1 is 1.24 bits per heavy atom. The standard InChI is InChI=1S/C17H29N3O/c1-3-4-5-6-7-15(2)19-16-8-9-17(18-14-16)20-10-12-21-13-11-20/h8-9,14-15,19H,3-7,10-13H2,1-2H3. The van der Waals surface area contributed by atoms with E-state index in [1.807, 2.05) is 6.20 Å². The minimum Gasteiger partial charge on any atom is -0.381 e. The van der Waals surface area contributed by atoms with Crippen LogP contribution in [0.5, 0.6) is 0 Å². The molecular formula is C17H29N3O. The van der Waals surface area contributed by atoms with Gasteiger partial charge in [0.1, 0.15) is 5.82 Å². The molecule has 1 aromatic heterocycles. The minimum atomic E-state index is 0.512. The highest BCUT2D eigenvalue weighted by Gasteiger charge is 2.12. The topological polar surface area (TPSA) is 37.4 Å². The summed E-state index contributed by atoms with van der Waals surface area (Å²) in [7, 11) is 0. The lowest BCUT2D eigenvalue weighted by molar-refractivity contribution is 0.122. The Hall–Kier alpha value is -1.29. The third-order valence-corrected chi connectivity index (χ3v) is 3.99. The zero-order valence-electron chi connectivity index (χ0n) is 13.5. The van der Waals surface area contributed by atoms with Crippen molar-refractivity contribution in [3.8, 4) is 0 Å². The molecule has 1 N–H and O–H groups in total. The fraction of sp³-hybridized carbons (Fsp3) is 0.706. The highest BCUT2D eigenvalue weighted by atomic mass is 16.5. The summed E-state index contributed by atoms with van der Waals surface area (Å²) in [6.45, 7) is 7.99. The molecule has 0 aromatic carbocycles. The molecule has 0 radical (unpaired) electrons. The van der Waals surface area contributed by atoms with Crippen LogP contribution in [-0.2, 0) is 4.74 Å². The second kappa shape index (κ2) is 8.88. The van der Waals surface area contributed by atoms with E-state index in [2.05, 4.69) is 41.2 Å². The normalized spacial score (nSPS) is 16.8. The number of aromatic nitrogens is 1. The average Bonchev–Trinajstić information content (AvgIpc) is 2.53. The maximum absolute atomic E-state index is 5.37. The van der Waals surface area contributed by atoms with Crippen molar-refractivity contribution >= 4 is 11.5 Å². The Balaban J connectivity index is 1.76. The van der Waals surface area contributed by atoms with Gasteiger partial charge in [0.05, 0.1) is 25.1 Å². The van der Waals surface area contributed by atoms with Crippen LogP contribution in [0.1, 0.15) is 46.0 Å². The minimum absolute atomic E-state index is 0.512. The Kier molecular flexibility index (Phi) is 6.80. The lowest BCUT2D eigenvalue weighted by atomic mass is 10.1. The summed E-state index contributed by atoms with van der Waals surface area (Å²) < 4.78 is 5.37. The first kappa shape index (κ1) is 16.1. The fourth-order valence-corrected chi connectivity index (χ4v) is 2.68. The van der Waals surface area contributed by atoms with Crippen molar-refractivity contribution in [2.24, 2.45) is 0 Å². The number of morpholine rings is 1. The number of anilines is 2. The van der Waals surface area contributed by atoms with E-state index in [0.717, 1.165) is 37.8 Å². The van der Waals surface area contributed by atoms with Crippen LogP contribution >= 0.6 is 0 Å². The molecule has 21 heavy (non-hydrogen) atoms. The highest BCUT2D eigenvalue weighted by Crippen LogP contribution is 2.17. The van der Waals surface area contributed by atoms with Crippen molar-refractivity contribution in [3.05, 3.63) is 18.3 Å². The highest BCUT2D eigenvalue weighted by molar-refractivity contribution is 5.49. The second-order valence-corrected chi connectivity index (χ2v) is 5.90. The van der Waals surface area contributed by atoms with E-state index in [9.17, 15) is 0 Å². The van der Waals surface area contributed by atoms with Crippen LogP contribution < -0.4 is 10.2 Å². The van der Waals surface area contributed by atoms with E-state index in [1.165, 1.54) is 32.1 Å². The van der Waals surface area contributed by atoms with Gasteiger partial charge in [-0.25, -0.2) is 4.98 Å². The molecule has 0 amide bonds. The number of nitrogens with one attached hydrogen (secondary N) is 1. The van der Waals surface area contributed by atoms with Crippen LogP contribution in [-0.4, -0.2) is 37.3 Å². The van der Waals surface area contributed by atoms with Gasteiger partial charge < -0.3 is 15.0 Å². The number of nitrogens with zero attached hydrogens (tertiary/aromatic N) is 2. The van der Waals surface area contributed by atoms with Gasteiger partial charge >= 0.3 is 0 Å². The van der Waals surface area contributed by atoms with Gasteiger partial charge in [-0.05, 0) is 25.5 Å². The molecule has 1 aromatic rings. The number of hydrogen-bond acceptors (Lipinski definition) is 4. The Bertz CT molecular complexity index is 388. The van der Waals surface area contributed by atoms with Gasteiger partial charge in [-0.15, -0.1) is 0 Å². The van der Waals surface area contributed by atoms with Gasteiger partial charge in [0, 0.05) is 19.1 Å². The zero-order chi connectivity index (χ0) is 14.9. The summed E-state index contributed by atoms with van der Waals surface area (Å²) in [6.07, 6.45) is 8.48. The molecule has 1 aliphatic rings. The van der Waals surface area contributed by atoms with Gasteiger partial charge in [0.15, 0.2) is 0 Å². The molecule has 4 heteroatoms. The molecule has 0 aliphatic carbocycles. The van der Waals surface area contributed by atoms with Crippen molar-refractivity contribution in [2.75, 3.05) is 36.5 Å². The molecule has 1 saturated heterocycles. The van der Waals surface area contributed by atoms with Crippen molar-refractivity contribution in [3.63, 3.8) is 0 Å². The third kappa shape index (κ3) is 5.54. The number of pyridine rings is 1. The number of rotatable bonds is 8. The third-order valence-electron chi connectivity index (χ3n) is 3.99. The molecule has 0 saturated carbocycles. The molecule has 4 nitrogen and oxygen atoms in total. The molecule has 1 atom stereocenters. The number of unbranched alkanes of at least 4 members (excludes halogenated alkanes) is 3. The monoisotopic (exact) mass is 291 g/mol. The number of hydrogen-bond donors (Lipinski definition) is 1. The maximum Gasteiger partial charge on any atom is 0.128 e. The molecule has 1 aliphatic heterocycles. The SMILES string of the molecule is CCCCCCC(C)Nc1ccc(N2CCOCC2)nc1. The molecule has 118 valence electrons. The predicted octanol–water partition coefficient (Wildman–Crippen LogP) is 3.69. The molecule has 0 bridgehead atoms. The first-order valence-corrected chi connectivity index (χ1v) is 8.35. The van der Waals surface area contributed by atoms with Gasteiger partial charge in [0.25, 0.3) is 0 Å². The van der Waals surface area contributed by atoms with Gasteiger partial charge in [-0.1, -0.05) is 32.6 Å².